The van der Waals surface area contributed by atoms with Crippen molar-refractivity contribution in [3.05, 3.63) is 35.0 Å². The van der Waals surface area contributed by atoms with Gasteiger partial charge in [0, 0.05) is 5.39 Å². The lowest BCUT2D eigenvalue weighted by Gasteiger charge is -2.17. The van der Waals surface area contributed by atoms with Gasteiger partial charge in [-0.1, -0.05) is 62.3 Å². The predicted octanol–water partition coefficient (Wildman–Crippen LogP) is 5.45. The summed E-state index contributed by atoms with van der Waals surface area (Å²) in [5, 5.41) is 1.71. The second-order valence-electron chi connectivity index (χ2n) is 6.01. The summed E-state index contributed by atoms with van der Waals surface area (Å²) in [6.45, 7) is 0. The normalized spacial score (nSPS) is 19.1. The number of hydrogen-bond donors (Lipinski definition) is 1. The molecule has 1 saturated carbocycles. The predicted molar refractivity (Wildman–Crippen MR) is 84.0 cm³/mol. The second-order valence-corrected chi connectivity index (χ2v) is 6.41. The molecule has 2 aromatic rings. The summed E-state index contributed by atoms with van der Waals surface area (Å²) in [7, 11) is 0. The lowest BCUT2D eigenvalue weighted by Crippen LogP contribution is -2.14. The fourth-order valence-corrected chi connectivity index (χ4v) is 3.53. The fraction of sp³-hybridized carbons (Fsp3) is 0.529. The number of benzene rings is 1. The molecule has 1 atom stereocenters. The highest BCUT2D eigenvalue weighted by molar-refractivity contribution is 6.34. The Labute approximate surface area is 125 Å². The Morgan fingerprint density at radius 2 is 1.95 bits per heavy atom. The summed E-state index contributed by atoms with van der Waals surface area (Å²) >= 11 is 6.15. The van der Waals surface area contributed by atoms with Gasteiger partial charge in [0.15, 0.2) is 5.58 Å². The van der Waals surface area contributed by atoms with E-state index in [0.29, 0.717) is 5.02 Å². The molecule has 3 heteroatoms. The van der Waals surface area contributed by atoms with E-state index in [4.69, 9.17) is 21.8 Å². The summed E-state index contributed by atoms with van der Waals surface area (Å²) in [6.07, 6.45) is 9.12. The molecule has 0 aliphatic heterocycles. The molecule has 2 nitrogen and oxygen atoms in total. The zero-order valence-electron chi connectivity index (χ0n) is 11.8. The van der Waals surface area contributed by atoms with Crippen LogP contribution in [0.4, 0.5) is 0 Å². The number of halogens is 1. The van der Waals surface area contributed by atoms with Crippen molar-refractivity contribution in [1.29, 1.82) is 0 Å². The first-order chi connectivity index (χ1) is 9.74. The standard InChI is InChI=1S/C17H22ClNO/c18-14-9-5-8-13-11-16(20-17(13)14)15(19)10-12-6-3-1-2-4-7-12/h5,8-9,11-12,15H,1-4,6-7,10,19H2. The molecule has 0 bridgehead atoms. The Hall–Kier alpha value is -0.990. The zero-order valence-corrected chi connectivity index (χ0v) is 12.5. The highest BCUT2D eigenvalue weighted by Crippen LogP contribution is 2.33. The molecule has 1 aliphatic rings. The van der Waals surface area contributed by atoms with Crippen LogP contribution in [0.3, 0.4) is 0 Å². The van der Waals surface area contributed by atoms with Crippen LogP contribution in [0.25, 0.3) is 11.0 Å². The Balaban J connectivity index is 1.74. The number of hydrogen-bond acceptors (Lipinski definition) is 2. The van der Waals surface area contributed by atoms with Gasteiger partial charge in [0.05, 0.1) is 11.1 Å². The lowest BCUT2D eigenvalue weighted by atomic mass is 9.92. The monoisotopic (exact) mass is 291 g/mol. The van der Waals surface area contributed by atoms with Crippen molar-refractivity contribution in [2.75, 3.05) is 0 Å². The maximum Gasteiger partial charge on any atom is 0.152 e. The summed E-state index contributed by atoms with van der Waals surface area (Å²) in [4.78, 5) is 0. The molecule has 1 aliphatic carbocycles. The van der Waals surface area contributed by atoms with Crippen LogP contribution in [0.1, 0.15) is 56.7 Å². The van der Waals surface area contributed by atoms with Gasteiger partial charge in [0.2, 0.25) is 0 Å². The van der Waals surface area contributed by atoms with Gasteiger partial charge >= 0.3 is 0 Å². The third kappa shape index (κ3) is 3.02. The minimum Gasteiger partial charge on any atom is -0.458 e. The molecule has 2 N–H and O–H groups in total. The molecule has 108 valence electrons. The fourth-order valence-electron chi connectivity index (χ4n) is 3.31. The van der Waals surface area contributed by atoms with Crippen molar-refractivity contribution in [1.82, 2.24) is 0 Å². The first-order valence-electron chi connectivity index (χ1n) is 7.67. The summed E-state index contributed by atoms with van der Waals surface area (Å²) in [5.41, 5.74) is 7.12. The maximum atomic E-state index is 6.35. The number of rotatable bonds is 3. The van der Waals surface area contributed by atoms with Gasteiger partial charge in [-0.05, 0) is 24.5 Å². The van der Waals surface area contributed by atoms with E-state index in [9.17, 15) is 0 Å². The first-order valence-corrected chi connectivity index (χ1v) is 8.05. The molecular formula is C17H22ClNO. The summed E-state index contributed by atoms with van der Waals surface area (Å²) in [5.74, 6) is 1.62. The van der Waals surface area contributed by atoms with Crippen LogP contribution in [0.15, 0.2) is 28.7 Å². The van der Waals surface area contributed by atoms with Crippen LogP contribution in [0.2, 0.25) is 5.02 Å². The molecular weight excluding hydrogens is 270 g/mol. The molecule has 1 heterocycles. The van der Waals surface area contributed by atoms with E-state index in [2.05, 4.69) is 0 Å². The van der Waals surface area contributed by atoms with Crippen molar-refractivity contribution < 1.29 is 4.42 Å². The quantitative estimate of drug-likeness (QED) is 0.764. The van der Waals surface area contributed by atoms with Gasteiger partial charge in [-0.15, -0.1) is 0 Å². The van der Waals surface area contributed by atoms with E-state index in [1.165, 1.54) is 38.5 Å². The number of para-hydroxylation sites is 1. The van der Waals surface area contributed by atoms with Gasteiger partial charge in [0.25, 0.3) is 0 Å². The molecule has 0 radical (unpaired) electrons. The summed E-state index contributed by atoms with van der Waals surface area (Å²) < 4.78 is 5.88. The Morgan fingerprint density at radius 1 is 1.20 bits per heavy atom. The highest BCUT2D eigenvalue weighted by atomic mass is 35.5. The Morgan fingerprint density at radius 3 is 2.65 bits per heavy atom. The number of fused-ring (bicyclic) bond motifs is 1. The van der Waals surface area contributed by atoms with Gasteiger partial charge in [-0.3, -0.25) is 0 Å². The third-order valence-corrected chi connectivity index (χ3v) is 4.74. The van der Waals surface area contributed by atoms with E-state index in [-0.39, 0.29) is 6.04 Å². The van der Waals surface area contributed by atoms with E-state index >= 15 is 0 Å². The molecule has 0 amide bonds. The van der Waals surface area contributed by atoms with E-state index in [1.807, 2.05) is 24.3 Å². The smallest absolute Gasteiger partial charge is 0.152 e. The number of furan rings is 1. The number of nitrogens with two attached hydrogens (primary N) is 1. The van der Waals surface area contributed by atoms with Gasteiger partial charge in [-0.25, -0.2) is 0 Å². The SMILES string of the molecule is NC(CC1CCCCCC1)c1cc2cccc(Cl)c2o1. The van der Waals surface area contributed by atoms with Crippen molar-refractivity contribution in [3.63, 3.8) is 0 Å². The zero-order chi connectivity index (χ0) is 13.9. The van der Waals surface area contributed by atoms with Gasteiger partial charge in [-0.2, -0.15) is 0 Å². The highest BCUT2D eigenvalue weighted by Gasteiger charge is 2.19. The van der Waals surface area contributed by atoms with Crippen molar-refractivity contribution >= 4 is 22.6 Å². The summed E-state index contributed by atoms with van der Waals surface area (Å²) in [6, 6.07) is 7.85. The van der Waals surface area contributed by atoms with Crippen molar-refractivity contribution in [2.45, 2.75) is 51.0 Å². The topological polar surface area (TPSA) is 39.2 Å². The van der Waals surface area contributed by atoms with Crippen LogP contribution < -0.4 is 5.73 Å². The minimum absolute atomic E-state index is 0.0124. The lowest BCUT2D eigenvalue weighted by molar-refractivity contribution is 0.364. The molecule has 0 spiro atoms. The minimum atomic E-state index is -0.0124. The van der Waals surface area contributed by atoms with E-state index < -0.39 is 0 Å². The molecule has 1 aromatic heterocycles. The van der Waals surface area contributed by atoms with Crippen LogP contribution in [-0.4, -0.2) is 0 Å². The largest absolute Gasteiger partial charge is 0.458 e. The van der Waals surface area contributed by atoms with Crippen LogP contribution in [0.5, 0.6) is 0 Å². The van der Waals surface area contributed by atoms with E-state index in [0.717, 1.165) is 29.1 Å². The molecule has 1 unspecified atom stereocenters. The van der Waals surface area contributed by atoms with Crippen molar-refractivity contribution in [3.8, 4) is 0 Å². The van der Waals surface area contributed by atoms with Crippen LogP contribution >= 0.6 is 11.6 Å². The molecule has 0 saturated heterocycles. The first kappa shape index (κ1) is 14.0. The van der Waals surface area contributed by atoms with Crippen molar-refractivity contribution in [2.24, 2.45) is 11.7 Å². The van der Waals surface area contributed by atoms with Gasteiger partial charge in [0.1, 0.15) is 5.76 Å². The second kappa shape index (κ2) is 6.19. The Kier molecular flexibility index (Phi) is 4.32. The Bertz CT molecular complexity index is 569. The maximum absolute atomic E-state index is 6.35. The molecule has 1 aromatic carbocycles. The van der Waals surface area contributed by atoms with Crippen LogP contribution in [-0.2, 0) is 0 Å². The third-order valence-electron chi connectivity index (χ3n) is 4.44. The van der Waals surface area contributed by atoms with Gasteiger partial charge < -0.3 is 10.2 Å². The molecule has 20 heavy (non-hydrogen) atoms. The average Bonchev–Trinajstić information content (AvgIpc) is 2.72. The molecule has 1 fully saturated rings. The average molecular weight is 292 g/mol. The molecule has 3 rings (SSSR count). The van der Waals surface area contributed by atoms with E-state index in [1.54, 1.807) is 0 Å². The van der Waals surface area contributed by atoms with Crippen LogP contribution in [0, 0.1) is 5.92 Å².